The Morgan fingerprint density at radius 1 is 0.806 bits per heavy atom. The number of hydrogen-bond acceptors (Lipinski definition) is 4. The molecule has 0 heterocycles. The SMILES string of the molecule is CO/N=C1\CCc2c1ccc1c3c(ccc21)[C@@H](O[Si](C)(C)C(C)(C)C)[C@H](O[Si](C)(C)C(C)(C)C)C=C3. The number of hydrogen-bond donors (Lipinski definition) is 0. The van der Waals surface area contributed by atoms with Gasteiger partial charge in [-0.25, -0.2) is 0 Å². The van der Waals surface area contributed by atoms with Gasteiger partial charge in [-0.2, -0.15) is 0 Å². The summed E-state index contributed by atoms with van der Waals surface area (Å²) in [5.74, 6) is 0. The Hall–Kier alpha value is -1.74. The van der Waals surface area contributed by atoms with Crippen molar-refractivity contribution >= 4 is 39.2 Å². The molecule has 2 aliphatic carbocycles. The molecule has 4 nitrogen and oxygen atoms in total. The monoisotopic (exact) mass is 523 g/mol. The second-order valence-electron chi connectivity index (χ2n) is 13.5. The van der Waals surface area contributed by atoms with Crippen molar-refractivity contribution in [1.29, 1.82) is 0 Å². The average molecular weight is 524 g/mol. The number of rotatable bonds is 5. The molecule has 36 heavy (non-hydrogen) atoms. The molecule has 2 aromatic carbocycles. The molecule has 196 valence electrons. The van der Waals surface area contributed by atoms with Crippen LogP contribution in [0.15, 0.2) is 35.5 Å². The Balaban J connectivity index is 1.84. The van der Waals surface area contributed by atoms with E-state index < -0.39 is 16.6 Å². The van der Waals surface area contributed by atoms with Crippen LogP contribution in [-0.4, -0.2) is 35.6 Å². The van der Waals surface area contributed by atoms with Crippen LogP contribution < -0.4 is 0 Å². The lowest BCUT2D eigenvalue weighted by Crippen LogP contribution is -2.49. The van der Waals surface area contributed by atoms with E-state index in [0.717, 1.165) is 18.6 Å². The molecule has 0 radical (unpaired) electrons. The number of oxime groups is 1. The highest BCUT2D eigenvalue weighted by Crippen LogP contribution is 2.47. The van der Waals surface area contributed by atoms with Gasteiger partial charge in [0.05, 0.1) is 17.9 Å². The molecule has 0 unspecified atom stereocenters. The Morgan fingerprint density at radius 2 is 1.42 bits per heavy atom. The molecule has 0 bridgehead atoms. The Kier molecular flexibility index (Phi) is 7.00. The quantitative estimate of drug-likeness (QED) is 0.291. The fourth-order valence-corrected chi connectivity index (χ4v) is 7.26. The molecule has 0 N–H and O–H groups in total. The van der Waals surface area contributed by atoms with E-state index in [-0.39, 0.29) is 22.3 Å². The fraction of sp³-hybridized carbons (Fsp3) is 0.567. The van der Waals surface area contributed by atoms with E-state index in [2.05, 4.69) is 109 Å². The van der Waals surface area contributed by atoms with Crippen LogP contribution in [-0.2, 0) is 20.1 Å². The van der Waals surface area contributed by atoms with Crippen molar-refractivity contribution in [2.75, 3.05) is 7.11 Å². The van der Waals surface area contributed by atoms with Gasteiger partial charge in [0, 0.05) is 5.56 Å². The van der Waals surface area contributed by atoms with Gasteiger partial charge in [-0.05, 0) is 76.6 Å². The van der Waals surface area contributed by atoms with Gasteiger partial charge in [-0.3, -0.25) is 0 Å². The minimum Gasteiger partial charge on any atom is -0.408 e. The van der Waals surface area contributed by atoms with Crippen LogP contribution >= 0.6 is 0 Å². The molecule has 0 saturated carbocycles. The van der Waals surface area contributed by atoms with Crippen LogP contribution in [0.25, 0.3) is 16.8 Å². The minimum atomic E-state index is -2.05. The maximum absolute atomic E-state index is 7.18. The highest BCUT2D eigenvalue weighted by atomic mass is 28.4. The lowest BCUT2D eigenvalue weighted by atomic mass is 9.87. The van der Waals surface area contributed by atoms with Crippen LogP contribution in [0.1, 0.15) is 76.3 Å². The number of fused-ring (bicyclic) bond motifs is 5. The van der Waals surface area contributed by atoms with E-state index in [1.807, 2.05) is 0 Å². The zero-order valence-corrected chi connectivity index (χ0v) is 26.2. The van der Waals surface area contributed by atoms with Crippen LogP contribution in [0, 0.1) is 0 Å². The third kappa shape index (κ3) is 4.78. The van der Waals surface area contributed by atoms with Gasteiger partial charge in [0.1, 0.15) is 7.11 Å². The topological polar surface area (TPSA) is 40.0 Å². The predicted octanol–water partition coefficient (Wildman–Crippen LogP) is 8.62. The third-order valence-electron chi connectivity index (χ3n) is 9.03. The summed E-state index contributed by atoms with van der Waals surface area (Å²) in [6.45, 7) is 23.2. The normalized spacial score (nSPS) is 21.7. The van der Waals surface area contributed by atoms with E-state index in [0.29, 0.717) is 0 Å². The van der Waals surface area contributed by atoms with Crippen LogP contribution in [0.2, 0.25) is 36.3 Å². The molecule has 2 aromatic rings. The Labute approximate surface area is 220 Å². The molecule has 0 aromatic heterocycles. The molecule has 4 rings (SSSR count). The zero-order chi connectivity index (χ0) is 26.7. The highest BCUT2D eigenvalue weighted by molar-refractivity contribution is 6.74. The largest absolute Gasteiger partial charge is 0.408 e. The summed E-state index contributed by atoms with van der Waals surface area (Å²) in [5.41, 5.74) is 6.16. The van der Waals surface area contributed by atoms with Crippen molar-refractivity contribution < 1.29 is 13.7 Å². The lowest BCUT2D eigenvalue weighted by molar-refractivity contribution is 0.0618. The van der Waals surface area contributed by atoms with E-state index >= 15 is 0 Å². The molecule has 0 spiro atoms. The van der Waals surface area contributed by atoms with Crippen LogP contribution in [0.4, 0.5) is 0 Å². The molecular formula is C30H45NO3Si2. The van der Waals surface area contributed by atoms with Gasteiger partial charge in [0.15, 0.2) is 16.6 Å². The summed E-state index contributed by atoms with van der Waals surface area (Å²) >= 11 is 0. The molecule has 2 aliphatic rings. The van der Waals surface area contributed by atoms with Crippen LogP contribution in [0.3, 0.4) is 0 Å². The summed E-state index contributed by atoms with van der Waals surface area (Å²) in [5, 5.41) is 7.12. The van der Waals surface area contributed by atoms with Crippen molar-refractivity contribution in [2.45, 2.75) is 103 Å². The Morgan fingerprint density at radius 3 is 2.03 bits per heavy atom. The zero-order valence-electron chi connectivity index (χ0n) is 24.2. The maximum Gasteiger partial charge on any atom is 0.193 e. The van der Waals surface area contributed by atoms with Gasteiger partial charge in [-0.15, -0.1) is 0 Å². The van der Waals surface area contributed by atoms with Crippen LogP contribution in [0.5, 0.6) is 0 Å². The van der Waals surface area contributed by atoms with Crippen molar-refractivity contribution in [1.82, 2.24) is 0 Å². The first-order valence-electron chi connectivity index (χ1n) is 13.3. The molecule has 0 fully saturated rings. The summed E-state index contributed by atoms with van der Waals surface area (Å²) in [6, 6.07) is 9.07. The average Bonchev–Trinajstić information content (AvgIpc) is 3.16. The smallest absolute Gasteiger partial charge is 0.193 e. The highest BCUT2D eigenvalue weighted by Gasteiger charge is 2.45. The number of aryl methyl sites for hydroxylation is 1. The lowest BCUT2D eigenvalue weighted by Gasteiger charge is -2.45. The van der Waals surface area contributed by atoms with Gasteiger partial charge in [-0.1, -0.05) is 83.1 Å². The third-order valence-corrected chi connectivity index (χ3v) is 18.0. The van der Waals surface area contributed by atoms with Crippen molar-refractivity contribution in [2.24, 2.45) is 5.16 Å². The van der Waals surface area contributed by atoms with Gasteiger partial charge in [0.25, 0.3) is 0 Å². The van der Waals surface area contributed by atoms with E-state index in [4.69, 9.17) is 13.7 Å². The van der Waals surface area contributed by atoms with E-state index in [9.17, 15) is 0 Å². The van der Waals surface area contributed by atoms with E-state index in [1.54, 1.807) is 7.11 Å². The standard InChI is InChI=1S/C30H45NO3Si2/c1-29(2,3)35(8,9)33-27-19-17-23-21-12-14-24-22(16-18-26(24)31-32-7)20(21)13-15-25(23)28(27)34-36(10,11)30(4,5)6/h12-15,17,19,27-28H,16,18H2,1-11H3/b31-26+/t27-,28-/m1/s1. The molecule has 6 heteroatoms. The first kappa shape index (κ1) is 27.3. The number of nitrogens with zero attached hydrogens (tertiary/aromatic N) is 1. The molecule has 2 atom stereocenters. The van der Waals surface area contributed by atoms with Crippen molar-refractivity contribution in [3.05, 3.63) is 52.6 Å². The maximum atomic E-state index is 7.18. The van der Waals surface area contributed by atoms with Crippen molar-refractivity contribution in [3.63, 3.8) is 0 Å². The number of benzene rings is 2. The summed E-state index contributed by atoms with van der Waals surface area (Å²) in [6.07, 6.45) is 6.29. The summed E-state index contributed by atoms with van der Waals surface area (Å²) in [7, 11) is -2.43. The summed E-state index contributed by atoms with van der Waals surface area (Å²) in [4.78, 5) is 5.10. The summed E-state index contributed by atoms with van der Waals surface area (Å²) < 4.78 is 14.2. The van der Waals surface area contributed by atoms with Gasteiger partial charge < -0.3 is 13.7 Å². The predicted molar refractivity (Wildman–Crippen MR) is 158 cm³/mol. The first-order valence-corrected chi connectivity index (χ1v) is 19.1. The molecular weight excluding hydrogens is 479 g/mol. The van der Waals surface area contributed by atoms with Gasteiger partial charge in [0.2, 0.25) is 0 Å². The second-order valence-corrected chi connectivity index (χ2v) is 23.0. The minimum absolute atomic E-state index is 0.0835. The van der Waals surface area contributed by atoms with Crippen molar-refractivity contribution in [3.8, 4) is 0 Å². The molecule has 0 aliphatic heterocycles. The fourth-order valence-electron chi connectivity index (χ4n) is 4.78. The van der Waals surface area contributed by atoms with E-state index in [1.165, 1.54) is 33.0 Å². The van der Waals surface area contributed by atoms with Gasteiger partial charge >= 0.3 is 0 Å². The molecule has 0 saturated heterocycles. The molecule has 0 amide bonds. The first-order chi connectivity index (χ1) is 16.6. The Bertz CT molecular complexity index is 1220. The second kappa shape index (κ2) is 9.23.